The highest BCUT2D eigenvalue weighted by molar-refractivity contribution is 5.19. The quantitative estimate of drug-likeness (QED) is 0.776. The zero-order chi connectivity index (χ0) is 19.6. The molecule has 0 bridgehead atoms. The summed E-state index contributed by atoms with van der Waals surface area (Å²) in [6.45, 7) is 3.13. The predicted molar refractivity (Wildman–Crippen MR) is 96.6 cm³/mol. The Morgan fingerprint density at radius 1 is 1.21 bits per heavy atom. The molecule has 0 unspecified atom stereocenters. The van der Waals surface area contributed by atoms with Crippen molar-refractivity contribution in [1.29, 1.82) is 0 Å². The van der Waals surface area contributed by atoms with Crippen molar-refractivity contribution in [1.82, 2.24) is 15.0 Å². The second-order valence-electron chi connectivity index (χ2n) is 7.55. The average Bonchev–Trinajstić information content (AvgIpc) is 3.23. The zero-order valence-corrected chi connectivity index (χ0v) is 16.0. The molecular weight excluding hydrogens is 368 g/mol. The Labute approximate surface area is 162 Å². The second-order valence-corrected chi connectivity index (χ2v) is 7.55. The molecule has 28 heavy (non-hydrogen) atoms. The number of hydrogen-bond acceptors (Lipinski definition) is 6. The lowest BCUT2D eigenvalue weighted by Gasteiger charge is -2.38. The fourth-order valence-corrected chi connectivity index (χ4v) is 4.02. The van der Waals surface area contributed by atoms with E-state index in [1.54, 1.807) is 7.11 Å². The van der Waals surface area contributed by atoms with Crippen LogP contribution in [0.1, 0.15) is 48.9 Å². The van der Waals surface area contributed by atoms with Gasteiger partial charge < -0.3 is 14.0 Å². The van der Waals surface area contributed by atoms with Crippen molar-refractivity contribution in [3.8, 4) is 0 Å². The average molecular weight is 393 g/mol. The predicted octanol–water partition coefficient (Wildman–Crippen LogP) is 3.38. The normalized spacial score (nSPS) is 21.1. The van der Waals surface area contributed by atoms with Gasteiger partial charge in [0, 0.05) is 51.4 Å². The first-order valence-electron chi connectivity index (χ1n) is 9.73. The standard InChI is InChI=1S/C20H25F2N3O3/c1-26-20(19-23-18(24-28-19)14-4-10-27-11-5-14)6-8-25(9-7-20)13-15-12-16(21)2-3-17(15)22/h2-3,12,14H,4-11,13H2,1H3. The first kappa shape index (κ1) is 19.4. The highest BCUT2D eigenvalue weighted by Gasteiger charge is 2.42. The van der Waals surface area contributed by atoms with Crippen LogP contribution in [-0.2, 0) is 21.6 Å². The highest BCUT2D eigenvalue weighted by atomic mass is 19.1. The van der Waals surface area contributed by atoms with Crippen molar-refractivity contribution >= 4 is 0 Å². The Bertz CT molecular complexity index is 800. The van der Waals surface area contributed by atoms with Gasteiger partial charge in [0.1, 0.15) is 17.2 Å². The highest BCUT2D eigenvalue weighted by Crippen LogP contribution is 2.37. The van der Waals surface area contributed by atoms with Crippen LogP contribution in [0.15, 0.2) is 22.7 Å². The molecule has 2 saturated heterocycles. The molecule has 8 heteroatoms. The Morgan fingerprint density at radius 3 is 2.68 bits per heavy atom. The number of nitrogens with zero attached hydrogens (tertiary/aromatic N) is 3. The number of rotatable bonds is 5. The zero-order valence-electron chi connectivity index (χ0n) is 16.0. The minimum absolute atomic E-state index is 0.260. The van der Waals surface area contributed by atoms with Gasteiger partial charge in [-0.2, -0.15) is 4.98 Å². The molecule has 0 spiro atoms. The molecule has 2 aliphatic heterocycles. The first-order valence-corrected chi connectivity index (χ1v) is 9.73. The largest absolute Gasteiger partial charge is 0.381 e. The SMILES string of the molecule is COC1(c2nc(C3CCOCC3)no2)CCN(Cc2cc(F)ccc2F)CC1. The third kappa shape index (κ3) is 3.94. The van der Waals surface area contributed by atoms with Crippen LogP contribution in [0.25, 0.3) is 0 Å². The van der Waals surface area contributed by atoms with Gasteiger partial charge in [0.15, 0.2) is 5.82 Å². The molecule has 6 nitrogen and oxygen atoms in total. The maximum atomic E-state index is 13.9. The summed E-state index contributed by atoms with van der Waals surface area (Å²) in [6.07, 6.45) is 3.09. The second kappa shape index (κ2) is 8.23. The van der Waals surface area contributed by atoms with Gasteiger partial charge >= 0.3 is 0 Å². The van der Waals surface area contributed by atoms with Gasteiger partial charge in [0.05, 0.1) is 0 Å². The smallest absolute Gasteiger partial charge is 0.258 e. The summed E-state index contributed by atoms with van der Waals surface area (Å²) in [7, 11) is 1.65. The maximum Gasteiger partial charge on any atom is 0.258 e. The molecule has 1 aromatic heterocycles. The van der Waals surface area contributed by atoms with Crippen molar-refractivity contribution in [3.63, 3.8) is 0 Å². The molecule has 152 valence electrons. The molecule has 0 saturated carbocycles. The van der Waals surface area contributed by atoms with E-state index in [2.05, 4.69) is 15.0 Å². The molecule has 0 radical (unpaired) electrons. The number of piperidine rings is 1. The van der Waals surface area contributed by atoms with E-state index in [4.69, 9.17) is 14.0 Å². The maximum absolute atomic E-state index is 13.9. The number of halogens is 2. The van der Waals surface area contributed by atoms with Gasteiger partial charge in [-0.15, -0.1) is 0 Å². The molecule has 2 aromatic rings. The fraction of sp³-hybridized carbons (Fsp3) is 0.600. The van der Waals surface area contributed by atoms with Gasteiger partial charge in [0.2, 0.25) is 0 Å². The van der Waals surface area contributed by atoms with E-state index in [0.29, 0.717) is 43.9 Å². The number of benzene rings is 1. The molecule has 2 fully saturated rings. The van der Waals surface area contributed by atoms with Crippen LogP contribution >= 0.6 is 0 Å². The van der Waals surface area contributed by atoms with E-state index in [-0.39, 0.29) is 11.7 Å². The van der Waals surface area contributed by atoms with Crippen LogP contribution in [0.4, 0.5) is 8.78 Å². The number of likely N-dealkylation sites (tertiary alicyclic amines) is 1. The molecule has 0 N–H and O–H groups in total. The van der Waals surface area contributed by atoms with Crippen molar-refractivity contribution in [2.75, 3.05) is 33.4 Å². The summed E-state index contributed by atoms with van der Waals surface area (Å²) in [5, 5.41) is 4.19. The molecule has 3 heterocycles. The number of methoxy groups -OCH3 is 1. The van der Waals surface area contributed by atoms with Crippen LogP contribution in [-0.4, -0.2) is 48.5 Å². The van der Waals surface area contributed by atoms with E-state index in [1.807, 2.05) is 0 Å². The molecule has 2 aliphatic rings. The van der Waals surface area contributed by atoms with Crippen LogP contribution in [0.3, 0.4) is 0 Å². The Kier molecular flexibility index (Phi) is 5.70. The summed E-state index contributed by atoms with van der Waals surface area (Å²) in [4.78, 5) is 6.74. The molecule has 1 aromatic carbocycles. The Balaban J connectivity index is 1.42. The molecule has 0 atom stereocenters. The van der Waals surface area contributed by atoms with Crippen molar-refractivity contribution in [2.45, 2.75) is 43.7 Å². The molecular formula is C20H25F2N3O3. The lowest BCUT2D eigenvalue weighted by Crippen LogP contribution is -2.43. The van der Waals surface area contributed by atoms with E-state index in [1.165, 1.54) is 12.1 Å². The summed E-state index contributed by atoms with van der Waals surface area (Å²) in [5.41, 5.74) is -0.266. The number of hydrogen-bond donors (Lipinski definition) is 0. The van der Waals surface area contributed by atoms with Gasteiger partial charge in [-0.3, -0.25) is 4.90 Å². The van der Waals surface area contributed by atoms with Crippen LogP contribution in [0.2, 0.25) is 0 Å². The van der Waals surface area contributed by atoms with Crippen molar-refractivity contribution in [3.05, 3.63) is 47.1 Å². The monoisotopic (exact) mass is 393 g/mol. The number of ether oxygens (including phenoxy) is 2. The van der Waals surface area contributed by atoms with Crippen LogP contribution < -0.4 is 0 Å². The summed E-state index contributed by atoms with van der Waals surface area (Å²) >= 11 is 0. The van der Waals surface area contributed by atoms with E-state index < -0.39 is 11.4 Å². The molecule has 4 rings (SSSR count). The van der Waals surface area contributed by atoms with E-state index in [9.17, 15) is 8.78 Å². The van der Waals surface area contributed by atoms with Crippen molar-refractivity contribution < 1.29 is 22.8 Å². The van der Waals surface area contributed by atoms with Crippen LogP contribution in [0.5, 0.6) is 0 Å². The minimum atomic E-state index is -0.632. The van der Waals surface area contributed by atoms with Gasteiger partial charge in [-0.1, -0.05) is 5.16 Å². The van der Waals surface area contributed by atoms with Crippen molar-refractivity contribution in [2.24, 2.45) is 0 Å². The van der Waals surface area contributed by atoms with Gasteiger partial charge in [0.25, 0.3) is 5.89 Å². The lowest BCUT2D eigenvalue weighted by atomic mass is 9.90. The number of aromatic nitrogens is 2. The first-order chi connectivity index (χ1) is 13.6. The summed E-state index contributed by atoms with van der Waals surface area (Å²) in [5.74, 6) is 0.678. The lowest BCUT2D eigenvalue weighted by molar-refractivity contribution is -0.0839. The summed E-state index contributed by atoms with van der Waals surface area (Å²) in [6, 6.07) is 3.56. The van der Waals surface area contributed by atoms with E-state index >= 15 is 0 Å². The third-order valence-electron chi connectivity index (χ3n) is 5.87. The van der Waals surface area contributed by atoms with Gasteiger partial charge in [-0.05, 0) is 43.9 Å². The third-order valence-corrected chi connectivity index (χ3v) is 5.87. The van der Waals surface area contributed by atoms with Crippen LogP contribution in [0, 0.1) is 11.6 Å². The topological polar surface area (TPSA) is 60.6 Å². The van der Waals surface area contributed by atoms with E-state index in [0.717, 1.165) is 37.9 Å². The Morgan fingerprint density at radius 2 is 1.96 bits per heavy atom. The Hall–Kier alpha value is -1.90. The minimum Gasteiger partial charge on any atom is -0.381 e. The summed E-state index contributed by atoms with van der Waals surface area (Å²) < 4.78 is 44.1. The molecule has 0 amide bonds. The molecule has 0 aliphatic carbocycles. The van der Waals surface area contributed by atoms with Gasteiger partial charge in [-0.25, -0.2) is 8.78 Å². The fourth-order valence-electron chi connectivity index (χ4n) is 4.02.